The third kappa shape index (κ3) is 8.86. The number of carbonyl (C=O) groups excluding carboxylic acids is 1. The van der Waals surface area contributed by atoms with Crippen LogP contribution in [0.3, 0.4) is 0 Å². The van der Waals surface area contributed by atoms with Crippen LogP contribution in [0.2, 0.25) is 0 Å². The Hall–Kier alpha value is -1.46. The average molecular weight is 507 g/mol. The van der Waals surface area contributed by atoms with Crippen molar-refractivity contribution in [3.05, 3.63) is 46.0 Å². The molecule has 3 atom stereocenters. The van der Waals surface area contributed by atoms with Crippen LogP contribution in [0.5, 0.6) is 0 Å². The van der Waals surface area contributed by atoms with E-state index in [9.17, 15) is 13.2 Å². The maximum Gasteiger partial charge on any atom is 0.153 e. The van der Waals surface area contributed by atoms with Gasteiger partial charge in [-0.15, -0.1) is 0 Å². The van der Waals surface area contributed by atoms with Crippen molar-refractivity contribution < 1.29 is 17.9 Å². The molecule has 0 spiro atoms. The minimum absolute atomic E-state index is 0.0952. The van der Waals surface area contributed by atoms with Crippen LogP contribution < -0.4 is 0 Å². The molecule has 0 aromatic heterocycles. The lowest BCUT2D eigenvalue weighted by Crippen LogP contribution is -2.29. The van der Waals surface area contributed by atoms with Gasteiger partial charge in [-0.1, -0.05) is 80.5 Å². The second kappa shape index (κ2) is 12.2. The highest BCUT2D eigenvalue weighted by Crippen LogP contribution is 2.38. The van der Waals surface area contributed by atoms with Crippen molar-refractivity contribution in [3.8, 4) is 0 Å². The Bertz CT molecular complexity index is 978. The number of hydrogen-bond donors (Lipinski definition) is 0. The van der Waals surface area contributed by atoms with E-state index in [1.807, 2.05) is 27.7 Å². The molecule has 0 saturated carbocycles. The van der Waals surface area contributed by atoms with Gasteiger partial charge in [0.2, 0.25) is 0 Å². The fraction of sp³-hybridized carbons (Fsp3) is 0.700. The number of rotatable bonds is 11. The Labute approximate surface area is 215 Å². The third-order valence-electron chi connectivity index (χ3n) is 6.84. The number of ketones is 1. The van der Waals surface area contributed by atoms with E-state index in [0.717, 1.165) is 5.57 Å². The van der Waals surface area contributed by atoms with Gasteiger partial charge in [-0.3, -0.25) is 4.79 Å². The third-order valence-corrected chi connectivity index (χ3v) is 8.33. The van der Waals surface area contributed by atoms with Gasteiger partial charge in [-0.2, -0.15) is 0 Å². The number of Topliss-reactive ketones (excluding diaryl/α,β-unsaturated/α-hetero) is 1. The smallest absolute Gasteiger partial charge is 0.153 e. The zero-order chi connectivity index (χ0) is 27.5. The first-order valence-corrected chi connectivity index (χ1v) is 15.0. The fourth-order valence-electron chi connectivity index (χ4n) is 4.19. The second-order valence-electron chi connectivity index (χ2n) is 12.2. The maximum atomic E-state index is 13.0. The summed E-state index contributed by atoms with van der Waals surface area (Å²) in [5.74, 6) is 1.17. The van der Waals surface area contributed by atoms with Gasteiger partial charge in [0.1, 0.15) is 5.78 Å². The molecule has 0 bridgehead atoms. The van der Waals surface area contributed by atoms with E-state index < -0.39 is 26.6 Å². The van der Waals surface area contributed by atoms with Crippen LogP contribution >= 0.6 is 0 Å². The van der Waals surface area contributed by atoms with Crippen LogP contribution in [0.25, 0.3) is 0 Å². The van der Waals surface area contributed by atoms with Crippen molar-refractivity contribution >= 4 is 15.6 Å². The maximum absolute atomic E-state index is 13.0. The molecular formula is C30H50O4S. The molecule has 200 valence electrons. The number of sulfone groups is 1. The van der Waals surface area contributed by atoms with Crippen LogP contribution in [0.1, 0.15) is 136 Å². The largest absolute Gasteiger partial charge is 0.366 e. The van der Waals surface area contributed by atoms with Crippen LogP contribution in [0, 0.1) is 5.41 Å². The summed E-state index contributed by atoms with van der Waals surface area (Å²) in [6, 6.07) is 4.61. The molecule has 0 fully saturated rings. The molecular weight excluding hydrogens is 456 g/mol. The molecule has 1 aromatic carbocycles. The summed E-state index contributed by atoms with van der Waals surface area (Å²) in [5, 5.41) is -0.642. The number of benzene rings is 1. The fourth-order valence-corrected chi connectivity index (χ4v) is 4.65. The van der Waals surface area contributed by atoms with E-state index in [2.05, 4.69) is 60.6 Å². The molecule has 0 heterocycles. The SMILES string of the molecule is C/C(=C/[C@@H](C)S(C)(=O)=O)[C@H](CC(=O)C(C)(C)C)O[C@@H](C)c1c(C(C)C)cc(C(C)C)cc1C(C)C. The Morgan fingerprint density at radius 2 is 1.37 bits per heavy atom. The molecule has 1 rings (SSSR count). The molecule has 1 aromatic rings. The van der Waals surface area contributed by atoms with Crippen molar-refractivity contribution in [1.29, 1.82) is 0 Å². The van der Waals surface area contributed by atoms with Crippen LogP contribution in [-0.4, -0.2) is 31.8 Å². The summed E-state index contributed by atoms with van der Waals surface area (Å²) < 4.78 is 30.9. The molecule has 35 heavy (non-hydrogen) atoms. The van der Waals surface area contributed by atoms with Gasteiger partial charge < -0.3 is 4.74 Å². The molecule has 0 saturated heterocycles. The topological polar surface area (TPSA) is 60.4 Å². The molecule has 0 N–H and O–H groups in total. The van der Waals surface area contributed by atoms with Gasteiger partial charge in [0.25, 0.3) is 0 Å². The van der Waals surface area contributed by atoms with Gasteiger partial charge in [0.15, 0.2) is 9.84 Å². The number of ether oxygens (including phenoxy) is 1. The van der Waals surface area contributed by atoms with Crippen molar-refractivity contribution in [1.82, 2.24) is 0 Å². The van der Waals surface area contributed by atoms with Gasteiger partial charge in [-0.25, -0.2) is 8.42 Å². The number of hydrogen-bond acceptors (Lipinski definition) is 4. The van der Waals surface area contributed by atoms with Gasteiger partial charge >= 0.3 is 0 Å². The van der Waals surface area contributed by atoms with Gasteiger partial charge in [0.05, 0.1) is 17.5 Å². The highest BCUT2D eigenvalue weighted by molar-refractivity contribution is 7.91. The highest BCUT2D eigenvalue weighted by Gasteiger charge is 2.30. The monoisotopic (exact) mass is 506 g/mol. The first-order chi connectivity index (χ1) is 15.8. The zero-order valence-corrected chi connectivity index (χ0v) is 25.3. The summed E-state index contributed by atoms with van der Waals surface area (Å²) in [6.45, 7) is 24.6. The minimum atomic E-state index is -3.23. The minimum Gasteiger partial charge on any atom is -0.366 e. The summed E-state index contributed by atoms with van der Waals surface area (Å²) in [7, 11) is -3.23. The second-order valence-corrected chi connectivity index (χ2v) is 14.6. The molecule has 0 aliphatic rings. The molecule has 0 unspecified atom stereocenters. The molecule has 0 radical (unpaired) electrons. The van der Waals surface area contributed by atoms with E-state index in [0.29, 0.717) is 17.8 Å². The Morgan fingerprint density at radius 1 is 0.914 bits per heavy atom. The molecule has 4 nitrogen and oxygen atoms in total. The standard InChI is InChI=1S/C30H50O4S/c1-18(2)24-15-25(19(3)4)29(26(16-24)20(5)6)23(9)34-27(17-28(31)30(10,11)12)21(7)14-22(8)35(13,32)33/h14-16,18-20,22-23,27H,17H2,1-13H3/b21-14-/t22-,23+,27+/m1/s1. The first-order valence-electron chi connectivity index (χ1n) is 13.0. The van der Waals surface area contributed by atoms with Crippen LogP contribution in [-0.2, 0) is 19.4 Å². The summed E-state index contributed by atoms with van der Waals surface area (Å²) in [5.41, 5.74) is 5.35. The average Bonchev–Trinajstić information content (AvgIpc) is 2.70. The van der Waals surface area contributed by atoms with Crippen LogP contribution in [0.4, 0.5) is 0 Å². The van der Waals surface area contributed by atoms with E-state index >= 15 is 0 Å². The van der Waals surface area contributed by atoms with E-state index in [1.54, 1.807) is 13.0 Å². The normalized spacial score (nSPS) is 16.2. The van der Waals surface area contributed by atoms with Crippen molar-refractivity contribution in [2.75, 3.05) is 6.26 Å². The molecule has 5 heteroatoms. The summed E-state index contributed by atoms with van der Waals surface area (Å²) >= 11 is 0. The first kappa shape index (κ1) is 31.6. The lowest BCUT2D eigenvalue weighted by Gasteiger charge is -2.31. The Balaban J connectivity index is 3.61. The van der Waals surface area contributed by atoms with E-state index in [4.69, 9.17) is 4.74 Å². The highest BCUT2D eigenvalue weighted by atomic mass is 32.2. The zero-order valence-electron chi connectivity index (χ0n) is 24.4. The lowest BCUT2D eigenvalue weighted by molar-refractivity contribution is -0.129. The Morgan fingerprint density at radius 3 is 1.71 bits per heavy atom. The molecule has 0 aliphatic carbocycles. The van der Waals surface area contributed by atoms with Gasteiger partial charge in [-0.05, 0) is 66.4 Å². The van der Waals surface area contributed by atoms with Crippen molar-refractivity contribution in [2.45, 2.75) is 125 Å². The predicted molar refractivity (Wildman–Crippen MR) is 149 cm³/mol. The number of carbonyl (C=O) groups is 1. The van der Waals surface area contributed by atoms with Crippen molar-refractivity contribution in [2.24, 2.45) is 5.41 Å². The molecule has 0 aliphatic heterocycles. The van der Waals surface area contributed by atoms with Crippen LogP contribution in [0.15, 0.2) is 23.8 Å². The van der Waals surface area contributed by atoms with E-state index in [1.165, 1.54) is 28.5 Å². The summed E-state index contributed by atoms with van der Waals surface area (Å²) in [6.07, 6.45) is 2.44. The molecule has 0 amide bonds. The van der Waals surface area contributed by atoms with E-state index in [-0.39, 0.29) is 18.3 Å². The quantitative estimate of drug-likeness (QED) is 0.286. The van der Waals surface area contributed by atoms with Crippen molar-refractivity contribution in [3.63, 3.8) is 0 Å². The van der Waals surface area contributed by atoms with Gasteiger partial charge in [0, 0.05) is 18.1 Å². The summed E-state index contributed by atoms with van der Waals surface area (Å²) in [4.78, 5) is 13.0. The lowest BCUT2D eigenvalue weighted by atomic mass is 9.82. The predicted octanol–water partition coefficient (Wildman–Crippen LogP) is 7.89. The Kier molecular flexibility index (Phi) is 11.0.